The van der Waals surface area contributed by atoms with Gasteiger partial charge >= 0.3 is 29.6 Å². The zero-order valence-electron chi connectivity index (χ0n) is 13.9. The van der Waals surface area contributed by atoms with Gasteiger partial charge < -0.3 is 25.2 Å². The second-order valence-electron chi connectivity index (χ2n) is 5.97. The molecule has 10 heteroatoms. The molecule has 0 aromatic rings. The van der Waals surface area contributed by atoms with E-state index >= 15 is 0 Å². The Kier molecular flexibility index (Phi) is 6.56. The van der Waals surface area contributed by atoms with Crippen LogP contribution in [0, 0.1) is 5.92 Å². The SMILES string of the molecule is CC(=O)NC=C[S@@](=O)C1=C(C(=O)[O-])N2C(=O)[C@@H](C(C)(C)O)[C@H]2C1.[Na+]. The summed E-state index contributed by atoms with van der Waals surface area (Å²) >= 11 is 0. The Morgan fingerprint density at radius 1 is 1.46 bits per heavy atom. The molecule has 2 heterocycles. The molecule has 2 aliphatic rings. The van der Waals surface area contributed by atoms with Crippen LogP contribution in [-0.2, 0) is 25.2 Å². The van der Waals surface area contributed by atoms with Crippen molar-refractivity contribution in [3.8, 4) is 0 Å². The molecule has 0 unspecified atom stereocenters. The van der Waals surface area contributed by atoms with Crippen molar-refractivity contribution in [3.63, 3.8) is 0 Å². The summed E-state index contributed by atoms with van der Waals surface area (Å²) in [7, 11) is -1.83. The number of aliphatic hydroxyl groups is 1. The standard InChI is InChI=1S/C14H18N2O6S.Na/c1-7(17)15-4-5-23(22)9-6-8-10(14(2,3)21)12(18)16(8)11(9)13(19)20;/h4-5,8,10,21H,6H2,1-3H3,(H,15,17)(H,19,20);/q;+1/p-1/t8-,10+,23-;/m1./s1. The minimum atomic E-state index is -1.83. The van der Waals surface area contributed by atoms with Crippen LogP contribution in [0.15, 0.2) is 22.2 Å². The maximum absolute atomic E-state index is 12.2. The molecule has 8 nitrogen and oxygen atoms in total. The van der Waals surface area contributed by atoms with Gasteiger partial charge in [0, 0.05) is 29.9 Å². The zero-order valence-corrected chi connectivity index (χ0v) is 16.7. The van der Waals surface area contributed by atoms with Crippen LogP contribution in [0.25, 0.3) is 0 Å². The van der Waals surface area contributed by atoms with E-state index in [0.29, 0.717) is 0 Å². The Morgan fingerprint density at radius 2 is 2.04 bits per heavy atom. The van der Waals surface area contributed by atoms with Crippen LogP contribution in [-0.4, -0.2) is 43.6 Å². The number of carboxylic acid groups (broad SMARTS) is 1. The number of β-lactam (4-membered cyclic amide) rings is 1. The summed E-state index contributed by atoms with van der Waals surface area (Å²) in [5, 5.41) is 24.8. The number of nitrogens with zero attached hydrogens (tertiary/aromatic N) is 1. The number of hydrogen-bond acceptors (Lipinski definition) is 6. The molecule has 2 amide bonds. The summed E-state index contributed by atoms with van der Waals surface area (Å²) in [4.78, 5) is 35.3. The number of rotatable bonds is 5. The van der Waals surface area contributed by atoms with E-state index in [-0.39, 0.29) is 46.8 Å². The first-order chi connectivity index (χ1) is 10.6. The molecule has 0 aromatic heterocycles. The molecule has 2 N–H and O–H groups in total. The number of fused-ring (bicyclic) bond motifs is 1. The Bertz CT molecular complexity index is 667. The molecule has 0 spiro atoms. The minimum Gasteiger partial charge on any atom is -0.543 e. The summed E-state index contributed by atoms with van der Waals surface area (Å²) < 4.78 is 12.2. The maximum Gasteiger partial charge on any atom is 1.00 e. The number of carbonyl (C=O) groups is 3. The van der Waals surface area contributed by atoms with Crippen LogP contribution in [0.5, 0.6) is 0 Å². The number of nitrogens with one attached hydrogen (secondary N) is 1. The molecule has 2 aliphatic heterocycles. The second-order valence-corrected chi connectivity index (χ2v) is 7.33. The Morgan fingerprint density at radius 3 is 2.50 bits per heavy atom. The average Bonchev–Trinajstić information content (AvgIpc) is 2.71. The molecule has 24 heavy (non-hydrogen) atoms. The van der Waals surface area contributed by atoms with E-state index in [1.165, 1.54) is 20.8 Å². The van der Waals surface area contributed by atoms with E-state index in [9.17, 15) is 28.8 Å². The average molecular weight is 364 g/mol. The number of carboxylic acids is 1. The quantitative estimate of drug-likeness (QED) is 0.373. The van der Waals surface area contributed by atoms with Crippen LogP contribution >= 0.6 is 0 Å². The fraction of sp³-hybridized carbons (Fsp3) is 0.500. The van der Waals surface area contributed by atoms with Gasteiger partial charge in [-0.2, -0.15) is 0 Å². The Balaban J connectivity index is 0.00000288. The van der Waals surface area contributed by atoms with E-state index in [1.54, 1.807) is 0 Å². The molecule has 0 aromatic carbocycles. The molecule has 0 saturated carbocycles. The summed E-state index contributed by atoms with van der Waals surface area (Å²) in [5.74, 6) is -3.24. The van der Waals surface area contributed by atoms with Crippen LogP contribution in [0.3, 0.4) is 0 Å². The second kappa shape index (κ2) is 7.49. The third kappa shape index (κ3) is 3.80. The molecule has 126 valence electrons. The fourth-order valence-electron chi connectivity index (χ4n) is 2.91. The normalized spacial score (nSPS) is 24.3. The Hall–Kier alpha value is -1.00. The minimum absolute atomic E-state index is 0. The predicted molar refractivity (Wildman–Crippen MR) is 78.2 cm³/mol. The molecule has 0 bridgehead atoms. The maximum atomic E-state index is 12.2. The van der Waals surface area contributed by atoms with E-state index in [0.717, 1.165) is 16.5 Å². The van der Waals surface area contributed by atoms with Gasteiger partial charge in [0.15, 0.2) is 0 Å². The van der Waals surface area contributed by atoms with Crippen molar-refractivity contribution in [1.82, 2.24) is 10.2 Å². The molecule has 3 atom stereocenters. The smallest absolute Gasteiger partial charge is 0.543 e. The third-order valence-electron chi connectivity index (χ3n) is 3.79. The molecule has 1 saturated heterocycles. The van der Waals surface area contributed by atoms with Crippen molar-refractivity contribution in [2.45, 2.75) is 38.8 Å². The van der Waals surface area contributed by atoms with Crippen molar-refractivity contribution < 1.29 is 58.4 Å². The summed E-state index contributed by atoms with van der Waals surface area (Å²) in [5.41, 5.74) is -1.72. The summed E-state index contributed by atoms with van der Waals surface area (Å²) in [6.45, 7) is 4.21. The Labute approximate surface area is 163 Å². The van der Waals surface area contributed by atoms with Crippen LogP contribution in [0.1, 0.15) is 27.2 Å². The first-order valence-corrected chi connectivity index (χ1v) is 8.11. The van der Waals surface area contributed by atoms with E-state index in [2.05, 4.69) is 5.32 Å². The number of hydrogen-bond donors (Lipinski definition) is 2. The van der Waals surface area contributed by atoms with E-state index < -0.39 is 45.9 Å². The van der Waals surface area contributed by atoms with E-state index in [4.69, 9.17) is 0 Å². The van der Waals surface area contributed by atoms with Gasteiger partial charge in [-0.3, -0.25) is 9.59 Å². The van der Waals surface area contributed by atoms with Crippen molar-refractivity contribution in [2.75, 3.05) is 0 Å². The van der Waals surface area contributed by atoms with Gasteiger partial charge in [0.05, 0.1) is 40.0 Å². The zero-order chi connectivity index (χ0) is 17.5. The molecule has 0 radical (unpaired) electrons. The van der Waals surface area contributed by atoms with Crippen LogP contribution in [0.2, 0.25) is 0 Å². The van der Waals surface area contributed by atoms with E-state index in [1.807, 2.05) is 0 Å². The van der Waals surface area contributed by atoms with Crippen molar-refractivity contribution in [2.24, 2.45) is 5.92 Å². The van der Waals surface area contributed by atoms with Crippen molar-refractivity contribution in [1.29, 1.82) is 0 Å². The van der Waals surface area contributed by atoms with Crippen LogP contribution < -0.4 is 40.0 Å². The monoisotopic (exact) mass is 364 g/mol. The number of aliphatic carboxylic acids is 1. The van der Waals surface area contributed by atoms with Gasteiger partial charge in [0.1, 0.15) is 0 Å². The van der Waals surface area contributed by atoms with Gasteiger partial charge in [0.25, 0.3) is 0 Å². The van der Waals surface area contributed by atoms with Crippen molar-refractivity contribution in [3.05, 3.63) is 22.2 Å². The molecule has 1 fully saturated rings. The summed E-state index contributed by atoms with van der Waals surface area (Å²) in [6, 6.07) is -0.552. The number of carbonyl (C=O) groups excluding carboxylic acids is 3. The third-order valence-corrected chi connectivity index (χ3v) is 5.02. The summed E-state index contributed by atoms with van der Waals surface area (Å²) in [6.07, 6.45) is 1.23. The largest absolute Gasteiger partial charge is 1.00 e. The van der Waals surface area contributed by atoms with Gasteiger partial charge in [-0.05, 0) is 13.8 Å². The van der Waals surface area contributed by atoms with Crippen LogP contribution in [0.4, 0.5) is 0 Å². The number of amides is 2. The van der Waals surface area contributed by atoms with Gasteiger partial charge in [-0.25, -0.2) is 4.21 Å². The molecule has 0 aliphatic carbocycles. The van der Waals surface area contributed by atoms with Crippen molar-refractivity contribution >= 4 is 28.6 Å². The first-order valence-electron chi connectivity index (χ1n) is 6.90. The topological polar surface area (TPSA) is 127 Å². The molecular formula is C14H17N2NaO6S. The van der Waals surface area contributed by atoms with Gasteiger partial charge in [-0.1, -0.05) is 0 Å². The molecule has 2 rings (SSSR count). The predicted octanol–water partition coefficient (Wildman–Crippen LogP) is -4.69. The first kappa shape index (κ1) is 21.0. The van der Waals surface area contributed by atoms with Gasteiger partial charge in [-0.15, -0.1) is 0 Å². The molecular weight excluding hydrogens is 347 g/mol. The fourth-order valence-corrected chi connectivity index (χ4v) is 3.97. The van der Waals surface area contributed by atoms with Gasteiger partial charge in [0.2, 0.25) is 11.8 Å².